The van der Waals surface area contributed by atoms with Gasteiger partial charge in [-0.3, -0.25) is 4.90 Å². The average Bonchev–Trinajstić information content (AvgIpc) is 2.93. The van der Waals surface area contributed by atoms with Crippen molar-refractivity contribution >= 4 is 15.9 Å². The number of rotatable bonds is 3. The maximum absolute atomic E-state index is 5.44. The fourth-order valence-electron chi connectivity index (χ4n) is 2.91. The van der Waals surface area contributed by atoms with E-state index in [2.05, 4.69) is 38.3 Å². The van der Waals surface area contributed by atoms with Crippen molar-refractivity contribution in [1.82, 2.24) is 10.2 Å². The monoisotopic (exact) mass is 296 g/mol. The lowest BCUT2D eigenvalue weighted by atomic mass is 10.1. The fraction of sp³-hybridized carbons (Fsp3) is 0.538. The van der Waals surface area contributed by atoms with Gasteiger partial charge >= 0.3 is 0 Å². The normalized spacial score (nSPS) is 27.6. The Bertz CT molecular complexity index is 424. The summed E-state index contributed by atoms with van der Waals surface area (Å²) in [6.45, 7) is 3.31. The molecule has 2 atom stereocenters. The molecule has 0 radical (unpaired) electrons. The molecular formula is C13H17BrN2O. The maximum Gasteiger partial charge on any atom is 0.124 e. The molecule has 0 aromatic heterocycles. The number of benzene rings is 1. The highest BCUT2D eigenvalue weighted by Crippen LogP contribution is 2.29. The summed E-state index contributed by atoms with van der Waals surface area (Å²) in [6.07, 6.45) is 1.30. The van der Waals surface area contributed by atoms with Crippen LogP contribution in [0.3, 0.4) is 0 Å². The summed E-state index contributed by atoms with van der Waals surface area (Å²) < 4.78 is 6.52. The second-order valence-corrected chi connectivity index (χ2v) is 5.80. The highest BCUT2D eigenvalue weighted by atomic mass is 79.9. The second-order valence-electron chi connectivity index (χ2n) is 4.88. The van der Waals surface area contributed by atoms with Gasteiger partial charge in [0, 0.05) is 41.8 Å². The molecule has 1 N–H and O–H groups in total. The van der Waals surface area contributed by atoms with Crippen molar-refractivity contribution in [1.29, 1.82) is 0 Å². The largest absolute Gasteiger partial charge is 0.496 e. The van der Waals surface area contributed by atoms with Gasteiger partial charge in [0.1, 0.15) is 5.75 Å². The molecule has 0 amide bonds. The van der Waals surface area contributed by atoms with E-state index in [-0.39, 0.29) is 0 Å². The van der Waals surface area contributed by atoms with Gasteiger partial charge in [0.15, 0.2) is 0 Å². The maximum atomic E-state index is 5.44. The third kappa shape index (κ3) is 2.21. The zero-order chi connectivity index (χ0) is 11.8. The zero-order valence-corrected chi connectivity index (χ0v) is 11.5. The first-order valence-electron chi connectivity index (χ1n) is 6.06. The number of nitrogens with one attached hydrogen (secondary N) is 1. The molecule has 2 aliphatic heterocycles. The molecule has 1 aromatic rings. The predicted octanol–water partition coefficient (Wildman–Crippen LogP) is 2.00. The molecular weight excluding hydrogens is 280 g/mol. The summed E-state index contributed by atoms with van der Waals surface area (Å²) in [5.74, 6) is 0.982. The highest BCUT2D eigenvalue weighted by molar-refractivity contribution is 9.10. The summed E-state index contributed by atoms with van der Waals surface area (Å²) in [4.78, 5) is 2.56. The molecule has 2 aliphatic rings. The molecule has 0 aliphatic carbocycles. The molecule has 0 saturated carbocycles. The van der Waals surface area contributed by atoms with Crippen molar-refractivity contribution < 1.29 is 4.74 Å². The summed E-state index contributed by atoms with van der Waals surface area (Å²) in [5.41, 5.74) is 1.28. The quantitative estimate of drug-likeness (QED) is 0.923. The van der Waals surface area contributed by atoms with Crippen LogP contribution in [0.5, 0.6) is 5.75 Å². The van der Waals surface area contributed by atoms with Crippen LogP contribution in [0.2, 0.25) is 0 Å². The highest BCUT2D eigenvalue weighted by Gasteiger charge is 2.37. The number of hydrogen-bond acceptors (Lipinski definition) is 3. The number of nitrogens with zero attached hydrogens (tertiary/aromatic N) is 1. The second kappa shape index (κ2) is 4.59. The Kier molecular flexibility index (Phi) is 3.11. The number of ether oxygens (including phenoxy) is 1. The minimum atomic E-state index is 0.710. The molecule has 2 fully saturated rings. The molecule has 17 heavy (non-hydrogen) atoms. The van der Waals surface area contributed by atoms with Crippen LogP contribution in [0.1, 0.15) is 12.0 Å². The minimum Gasteiger partial charge on any atom is -0.496 e. The van der Waals surface area contributed by atoms with Gasteiger partial charge in [0.2, 0.25) is 0 Å². The van der Waals surface area contributed by atoms with E-state index in [0.717, 1.165) is 23.3 Å². The Morgan fingerprint density at radius 2 is 2.41 bits per heavy atom. The van der Waals surface area contributed by atoms with Crippen LogP contribution in [-0.2, 0) is 6.54 Å². The van der Waals surface area contributed by atoms with E-state index in [1.807, 2.05) is 6.07 Å². The van der Waals surface area contributed by atoms with Crippen molar-refractivity contribution in [2.24, 2.45) is 0 Å². The van der Waals surface area contributed by atoms with Crippen molar-refractivity contribution in [3.63, 3.8) is 0 Å². The van der Waals surface area contributed by atoms with Crippen LogP contribution < -0.4 is 10.1 Å². The SMILES string of the molecule is COc1cc(Br)ccc1CN1CC2C[C@H]1CN2. The lowest BCUT2D eigenvalue weighted by molar-refractivity contribution is 0.215. The van der Waals surface area contributed by atoms with Gasteiger partial charge in [-0.1, -0.05) is 22.0 Å². The van der Waals surface area contributed by atoms with Gasteiger partial charge in [-0.25, -0.2) is 0 Å². The van der Waals surface area contributed by atoms with Gasteiger partial charge in [0.05, 0.1) is 7.11 Å². The fourth-order valence-corrected chi connectivity index (χ4v) is 3.25. The Morgan fingerprint density at radius 1 is 1.53 bits per heavy atom. The van der Waals surface area contributed by atoms with Crippen LogP contribution >= 0.6 is 15.9 Å². The molecule has 2 heterocycles. The molecule has 3 rings (SSSR count). The molecule has 92 valence electrons. The van der Waals surface area contributed by atoms with Crippen LogP contribution in [0, 0.1) is 0 Å². The first-order chi connectivity index (χ1) is 8.26. The third-order valence-corrected chi connectivity index (χ3v) is 4.29. The minimum absolute atomic E-state index is 0.710. The summed E-state index contributed by atoms with van der Waals surface area (Å²) in [5, 5.41) is 3.53. The van der Waals surface area contributed by atoms with Crippen molar-refractivity contribution in [2.75, 3.05) is 20.2 Å². The van der Waals surface area contributed by atoms with Gasteiger partial charge < -0.3 is 10.1 Å². The van der Waals surface area contributed by atoms with E-state index in [4.69, 9.17) is 4.74 Å². The Hall–Kier alpha value is -0.580. The van der Waals surface area contributed by atoms with E-state index in [9.17, 15) is 0 Å². The van der Waals surface area contributed by atoms with Gasteiger partial charge in [-0.15, -0.1) is 0 Å². The van der Waals surface area contributed by atoms with Crippen LogP contribution in [0.4, 0.5) is 0 Å². The topological polar surface area (TPSA) is 24.5 Å². The van der Waals surface area contributed by atoms with Gasteiger partial charge in [-0.2, -0.15) is 0 Å². The lowest BCUT2D eigenvalue weighted by Crippen LogP contribution is -2.43. The Balaban J connectivity index is 1.76. The van der Waals surface area contributed by atoms with Crippen LogP contribution in [0.25, 0.3) is 0 Å². The summed E-state index contributed by atoms with van der Waals surface area (Å²) in [6, 6.07) is 7.71. The molecule has 1 unspecified atom stereocenters. The standard InChI is InChI=1S/C13H17BrN2O/c1-17-13-4-10(14)3-2-9(13)7-16-8-11-5-12(16)6-15-11/h2-4,11-12,15H,5-8H2,1H3/t11?,12-/m0/s1. The summed E-state index contributed by atoms with van der Waals surface area (Å²) in [7, 11) is 1.74. The number of halogens is 1. The first-order valence-corrected chi connectivity index (χ1v) is 6.85. The van der Waals surface area contributed by atoms with Crippen molar-refractivity contribution in [3.8, 4) is 5.75 Å². The number of fused-ring (bicyclic) bond motifs is 2. The van der Waals surface area contributed by atoms with E-state index >= 15 is 0 Å². The predicted molar refractivity (Wildman–Crippen MR) is 71.3 cm³/mol. The molecule has 2 saturated heterocycles. The van der Waals surface area contributed by atoms with E-state index in [1.165, 1.54) is 18.5 Å². The van der Waals surface area contributed by atoms with Crippen LogP contribution in [0.15, 0.2) is 22.7 Å². The van der Waals surface area contributed by atoms with Crippen molar-refractivity contribution in [3.05, 3.63) is 28.2 Å². The Labute approximate surface area is 110 Å². The van der Waals surface area contributed by atoms with E-state index in [1.54, 1.807) is 7.11 Å². The first kappa shape index (κ1) is 11.5. The molecule has 3 nitrogen and oxygen atoms in total. The Morgan fingerprint density at radius 3 is 3.06 bits per heavy atom. The van der Waals surface area contributed by atoms with Crippen LogP contribution in [-0.4, -0.2) is 37.2 Å². The number of hydrogen-bond donors (Lipinski definition) is 1. The number of piperazine rings is 1. The third-order valence-electron chi connectivity index (χ3n) is 3.79. The van der Waals surface area contributed by atoms with Crippen molar-refractivity contribution in [2.45, 2.75) is 25.0 Å². The van der Waals surface area contributed by atoms with E-state index in [0.29, 0.717) is 12.1 Å². The molecule has 1 aromatic carbocycles. The van der Waals surface area contributed by atoms with Gasteiger partial charge in [-0.05, 0) is 18.6 Å². The summed E-state index contributed by atoms with van der Waals surface area (Å²) >= 11 is 3.48. The molecule has 4 heteroatoms. The lowest BCUT2D eigenvalue weighted by Gasteiger charge is -2.27. The zero-order valence-electron chi connectivity index (χ0n) is 9.95. The molecule has 2 bridgehead atoms. The van der Waals surface area contributed by atoms with Gasteiger partial charge in [0.25, 0.3) is 0 Å². The molecule has 0 spiro atoms. The number of likely N-dealkylation sites (tertiary alicyclic amines) is 1. The van der Waals surface area contributed by atoms with E-state index < -0.39 is 0 Å². The smallest absolute Gasteiger partial charge is 0.124 e. The average molecular weight is 297 g/mol. The number of methoxy groups -OCH3 is 1.